The highest BCUT2D eigenvalue weighted by Gasteiger charge is 2.23. The van der Waals surface area contributed by atoms with E-state index in [-0.39, 0.29) is 0 Å². The van der Waals surface area contributed by atoms with Gasteiger partial charge in [0.1, 0.15) is 0 Å². The first kappa shape index (κ1) is 15.2. The van der Waals surface area contributed by atoms with Crippen molar-refractivity contribution in [3.05, 3.63) is 0 Å². The molecule has 1 unspecified atom stereocenters. The Bertz CT molecular complexity index is 303. The molecule has 0 aromatic carbocycles. The zero-order chi connectivity index (χ0) is 12.7. The molecule has 0 spiro atoms. The minimum atomic E-state index is -3.27. The Hall–Kier alpha value is 0.160. The Morgan fingerprint density at radius 3 is 2.47 bits per heavy atom. The van der Waals surface area contributed by atoms with Gasteiger partial charge in [-0.05, 0) is 25.2 Å². The second-order valence-electron chi connectivity index (χ2n) is 4.57. The zero-order valence-electron chi connectivity index (χ0n) is 10.5. The minimum absolute atomic E-state index is 0.340. The quantitative estimate of drug-likeness (QED) is 0.726. The summed E-state index contributed by atoms with van der Waals surface area (Å²) in [5.74, 6) is 0.927. The zero-order valence-corrected chi connectivity index (χ0v) is 12.1. The van der Waals surface area contributed by atoms with Gasteiger partial charge < -0.3 is 0 Å². The van der Waals surface area contributed by atoms with Crippen LogP contribution in [-0.2, 0) is 10.2 Å². The minimum Gasteiger partial charge on any atom is -0.202 e. The number of alkyl halides is 1. The lowest BCUT2D eigenvalue weighted by Crippen LogP contribution is -2.44. The van der Waals surface area contributed by atoms with Crippen LogP contribution >= 0.6 is 11.6 Å². The van der Waals surface area contributed by atoms with Gasteiger partial charge in [0.15, 0.2) is 0 Å². The Kier molecular flexibility index (Phi) is 6.77. The number of piperidine rings is 1. The van der Waals surface area contributed by atoms with Crippen LogP contribution in [0.4, 0.5) is 0 Å². The van der Waals surface area contributed by atoms with Crippen molar-refractivity contribution in [3.63, 3.8) is 0 Å². The fraction of sp³-hybridized carbons (Fsp3) is 1.00. The molecule has 1 N–H and O–H groups in total. The summed E-state index contributed by atoms with van der Waals surface area (Å²) < 4.78 is 28.2. The summed E-state index contributed by atoms with van der Waals surface area (Å²) in [5, 5.41) is 0. The summed E-state index contributed by atoms with van der Waals surface area (Å²) in [6, 6.07) is 0. The summed E-state index contributed by atoms with van der Waals surface area (Å²) in [6.07, 6.45) is 4.89. The second-order valence-corrected chi connectivity index (χ2v) is 6.70. The maximum atomic E-state index is 12.0. The number of nitrogens with zero attached hydrogens (tertiary/aromatic N) is 1. The van der Waals surface area contributed by atoms with E-state index in [2.05, 4.69) is 11.6 Å². The first-order valence-corrected chi connectivity index (χ1v) is 8.38. The van der Waals surface area contributed by atoms with E-state index in [9.17, 15) is 8.42 Å². The third kappa shape index (κ3) is 5.12. The molecular formula is C11H23ClN2O2S. The van der Waals surface area contributed by atoms with Gasteiger partial charge in [0.25, 0.3) is 10.2 Å². The van der Waals surface area contributed by atoms with Crippen molar-refractivity contribution >= 4 is 21.8 Å². The van der Waals surface area contributed by atoms with E-state index in [0.29, 0.717) is 31.4 Å². The molecule has 0 aromatic heterocycles. The SMILES string of the molecule is CCC(CCCl)CNS(=O)(=O)N1CCCCC1. The molecule has 0 radical (unpaired) electrons. The first-order chi connectivity index (χ1) is 8.10. The van der Waals surface area contributed by atoms with Gasteiger partial charge in [0, 0.05) is 25.5 Å². The van der Waals surface area contributed by atoms with Crippen molar-refractivity contribution in [1.29, 1.82) is 0 Å². The van der Waals surface area contributed by atoms with Gasteiger partial charge in [-0.3, -0.25) is 0 Å². The Morgan fingerprint density at radius 1 is 1.29 bits per heavy atom. The van der Waals surface area contributed by atoms with Gasteiger partial charge >= 0.3 is 0 Å². The first-order valence-electron chi connectivity index (χ1n) is 6.41. The molecule has 0 aromatic rings. The van der Waals surface area contributed by atoms with Crippen LogP contribution in [-0.4, -0.2) is 38.2 Å². The van der Waals surface area contributed by atoms with E-state index >= 15 is 0 Å². The van der Waals surface area contributed by atoms with Crippen molar-refractivity contribution in [1.82, 2.24) is 9.03 Å². The topological polar surface area (TPSA) is 49.4 Å². The van der Waals surface area contributed by atoms with Crippen LogP contribution in [0.15, 0.2) is 0 Å². The van der Waals surface area contributed by atoms with Crippen molar-refractivity contribution in [2.75, 3.05) is 25.5 Å². The maximum Gasteiger partial charge on any atom is 0.279 e. The van der Waals surface area contributed by atoms with Gasteiger partial charge in [-0.1, -0.05) is 19.8 Å². The molecule has 102 valence electrons. The fourth-order valence-electron chi connectivity index (χ4n) is 2.02. The largest absolute Gasteiger partial charge is 0.279 e. The van der Waals surface area contributed by atoms with Crippen molar-refractivity contribution in [2.24, 2.45) is 5.92 Å². The fourth-order valence-corrected chi connectivity index (χ4v) is 3.70. The molecule has 1 saturated heterocycles. The number of hydrogen-bond acceptors (Lipinski definition) is 2. The highest BCUT2D eigenvalue weighted by molar-refractivity contribution is 7.87. The number of rotatable bonds is 7. The van der Waals surface area contributed by atoms with Crippen molar-refractivity contribution in [3.8, 4) is 0 Å². The lowest BCUT2D eigenvalue weighted by molar-refractivity contribution is 0.338. The van der Waals surface area contributed by atoms with E-state index in [1.54, 1.807) is 4.31 Å². The molecule has 1 aliphatic rings. The molecular weight excluding hydrogens is 260 g/mol. The molecule has 1 fully saturated rings. The average molecular weight is 283 g/mol. The monoisotopic (exact) mass is 282 g/mol. The van der Waals surface area contributed by atoms with Crippen molar-refractivity contribution < 1.29 is 8.42 Å². The van der Waals surface area contributed by atoms with E-state index in [4.69, 9.17) is 11.6 Å². The Morgan fingerprint density at radius 2 is 1.94 bits per heavy atom. The third-order valence-electron chi connectivity index (χ3n) is 3.30. The summed E-state index contributed by atoms with van der Waals surface area (Å²) in [5.41, 5.74) is 0. The van der Waals surface area contributed by atoms with E-state index in [1.165, 1.54) is 0 Å². The van der Waals surface area contributed by atoms with Crippen LogP contribution in [0.5, 0.6) is 0 Å². The molecule has 0 saturated carbocycles. The van der Waals surface area contributed by atoms with E-state index in [0.717, 1.165) is 32.1 Å². The standard InChI is InChI=1S/C11H23ClN2O2S/c1-2-11(6-7-12)10-13-17(15,16)14-8-4-3-5-9-14/h11,13H,2-10H2,1H3. The lowest BCUT2D eigenvalue weighted by Gasteiger charge is -2.26. The molecule has 6 heteroatoms. The maximum absolute atomic E-state index is 12.0. The van der Waals surface area contributed by atoms with E-state index < -0.39 is 10.2 Å². The highest BCUT2D eigenvalue weighted by atomic mass is 35.5. The third-order valence-corrected chi connectivity index (χ3v) is 5.10. The van der Waals surface area contributed by atoms with Gasteiger partial charge in [0.2, 0.25) is 0 Å². The normalized spacial score (nSPS) is 20.4. The summed E-state index contributed by atoms with van der Waals surface area (Å²) in [6.45, 7) is 3.87. The molecule has 0 bridgehead atoms. The molecule has 1 aliphatic heterocycles. The number of hydrogen-bond donors (Lipinski definition) is 1. The second kappa shape index (κ2) is 7.56. The molecule has 1 rings (SSSR count). The molecule has 0 amide bonds. The highest BCUT2D eigenvalue weighted by Crippen LogP contribution is 2.13. The van der Waals surface area contributed by atoms with Gasteiger partial charge in [-0.15, -0.1) is 11.6 Å². The van der Waals surface area contributed by atoms with Crippen LogP contribution < -0.4 is 4.72 Å². The van der Waals surface area contributed by atoms with Gasteiger partial charge in [0.05, 0.1) is 0 Å². The summed E-state index contributed by atoms with van der Waals surface area (Å²) >= 11 is 5.69. The Balaban J connectivity index is 2.42. The smallest absolute Gasteiger partial charge is 0.202 e. The predicted octanol–water partition coefficient (Wildman–Crippen LogP) is 1.96. The molecule has 17 heavy (non-hydrogen) atoms. The molecule has 1 atom stereocenters. The summed E-state index contributed by atoms with van der Waals surface area (Å²) in [7, 11) is -3.27. The van der Waals surface area contributed by atoms with Crippen LogP contribution in [0.2, 0.25) is 0 Å². The molecule has 0 aliphatic carbocycles. The van der Waals surface area contributed by atoms with E-state index in [1.807, 2.05) is 0 Å². The number of halogens is 1. The average Bonchev–Trinajstić information content (AvgIpc) is 2.35. The van der Waals surface area contributed by atoms with Gasteiger partial charge in [-0.25, -0.2) is 4.72 Å². The molecule has 1 heterocycles. The van der Waals surface area contributed by atoms with Crippen LogP contribution in [0.1, 0.15) is 39.0 Å². The number of nitrogens with one attached hydrogen (secondary N) is 1. The van der Waals surface area contributed by atoms with Gasteiger partial charge in [-0.2, -0.15) is 12.7 Å². The lowest BCUT2D eigenvalue weighted by atomic mass is 10.0. The van der Waals surface area contributed by atoms with Crippen LogP contribution in [0.3, 0.4) is 0 Å². The summed E-state index contributed by atoms with van der Waals surface area (Å²) in [4.78, 5) is 0. The van der Waals surface area contributed by atoms with Crippen molar-refractivity contribution in [2.45, 2.75) is 39.0 Å². The van der Waals surface area contributed by atoms with Crippen LogP contribution in [0.25, 0.3) is 0 Å². The Labute approximate surface area is 110 Å². The predicted molar refractivity (Wildman–Crippen MR) is 71.5 cm³/mol. The van der Waals surface area contributed by atoms with Crippen LogP contribution in [0, 0.1) is 5.92 Å². The molecule has 4 nitrogen and oxygen atoms in total.